The summed E-state index contributed by atoms with van der Waals surface area (Å²) in [6.07, 6.45) is 4.05. The van der Waals surface area contributed by atoms with Crippen molar-refractivity contribution in [3.05, 3.63) is 252 Å². The average Bonchev–Trinajstić information content (AvgIpc) is 3.36. The molecule has 0 unspecified atom stereocenters. The summed E-state index contributed by atoms with van der Waals surface area (Å²) in [6.45, 7) is 6.30. The van der Waals surface area contributed by atoms with E-state index in [1.807, 2.05) is 78.9 Å². The lowest BCUT2D eigenvalue weighted by atomic mass is 9.64. The molecule has 0 saturated heterocycles. The van der Waals surface area contributed by atoms with E-state index in [2.05, 4.69) is 153 Å². The number of methoxy groups -OCH3 is 2. The predicted octanol–water partition coefficient (Wildman–Crippen LogP) is 12.8. The van der Waals surface area contributed by atoms with Crippen molar-refractivity contribution in [2.24, 2.45) is 0 Å². The van der Waals surface area contributed by atoms with E-state index in [1.165, 1.54) is 43.1 Å². The minimum Gasteiger partial charge on any atom is -0.497 e. The molecule has 0 bridgehead atoms. The summed E-state index contributed by atoms with van der Waals surface area (Å²) in [7, 11) is 0.304. The number of ether oxygens (including phenoxy) is 2. The van der Waals surface area contributed by atoms with Crippen LogP contribution in [0.3, 0.4) is 0 Å². The van der Waals surface area contributed by atoms with Gasteiger partial charge in [0.15, 0.2) is 7.14 Å². The zero-order valence-corrected chi connectivity index (χ0v) is 37.1. The average molecular weight is 847 g/mol. The standard InChI is InChI=1S/C60H47O3P/c1-5-14-54-55-22-13-16-44-39-48(40-57(59(44)55)56-21-12-15-41(2)58(54)56)60(46-29-33-49(62-3)34-30-46,47-31-35-50(63-4)36-32-47)45-27-23-42(24-28-45)43-25-37-53(38-26-43)64(61,51-17-8-6-9-18-51)52-19-10-7-11-20-52/h5-40H,1H2,2-4H3/b54-14-. The van der Waals surface area contributed by atoms with Gasteiger partial charge in [0.05, 0.1) is 19.6 Å². The minimum atomic E-state index is -3.11. The van der Waals surface area contributed by atoms with Crippen molar-refractivity contribution >= 4 is 61.4 Å². The van der Waals surface area contributed by atoms with E-state index in [0.29, 0.717) is 0 Å². The Bertz CT molecular complexity index is 3320. The quantitative estimate of drug-likeness (QED) is 0.0563. The van der Waals surface area contributed by atoms with E-state index in [1.54, 1.807) is 14.2 Å². The molecule has 0 aliphatic heterocycles. The molecule has 0 radical (unpaired) electrons. The van der Waals surface area contributed by atoms with Gasteiger partial charge in [0.1, 0.15) is 11.5 Å². The van der Waals surface area contributed by atoms with E-state index in [0.717, 1.165) is 60.8 Å². The molecule has 0 heterocycles. The maximum Gasteiger partial charge on any atom is 0.171 e. The summed E-state index contributed by atoms with van der Waals surface area (Å²) in [5.74, 6) is 1.58. The zero-order valence-electron chi connectivity index (χ0n) is 36.2. The molecule has 10 aromatic rings. The van der Waals surface area contributed by atoms with Gasteiger partial charge >= 0.3 is 0 Å². The Labute approximate surface area is 375 Å². The molecular formula is C60H47O3P. The van der Waals surface area contributed by atoms with Gasteiger partial charge in [-0.25, -0.2) is 0 Å². The highest BCUT2D eigenvalue weighted by Gasteiger charge is 2.39. The summed E-state index contributed by atoms with van der Waals surface area (Å²) in [6, 6.07) is 72.0. The number of hydrogen-bond donors (Lipinski definition) is 0. The van der Waals surface area contributed by atoms with Gasteiger partial charge in [0.25, 0.3) is 0 Å². The van der Waals surface area contributed by atoms with Crippen molar-refractivity contribution in [3.8, 4) is 22.6 Å². The number of aryl methyl sites for hydroxylation is 1. The highest BCUT2D eigenvalue weighted by Crippen LogP contribution is 2.49. The summed E-state index contributed by atoms with van der Waals surface area (Å²) in [5, 5.41) is 10.9. The summed E-state index contributed by atoms with van der Waals surface area (Å²) < 4.78 is 26.6. The van der Waals surface area contributed by atoms with E-state index < -0.39 is 12.6 Å². The van der Waals surface area contributed by atoms with Crippen LogP contribution >= 0.6 is 7.14 Å². The van der Waals surface area contributed by atoms with Crippen molar-refractivity contribution in [2.75, 3.05) is 14.2 Å². The fourth-order valence-corrected chi connectivity index (χ4v) is 12.6. The van der Waals surface area contributed by atoms with Gasteiger partial charge in [0, 0.05) is 15.9 Å². The van der Waals surface area contributed by atoms with Crippen molar-refractivity contribution in [1.82, 2.24) is 0 Å². The largest absolute Gasteiger partial charge is 0.497 e. The predicted molar refractivity (Wildman–Crippen MR) is 270 cm³/mol. The second-order valence-corrected chi connectivity index (χ2v) is 19.1. The van der Waals surface area contributed by atoms with Crippen molar-refractivity contribution in [2.45, 2.75) is 12.3 Å². The van der Waals surface area contributed by atoms with E-state index in [-0.39, 0.29) is 0 Å². The second kappa shape index (κ2) is 16.7. The van der Waals surface area contributed by atoms with Crippen LogP contribution in [0.2, 0.25) is 0 Å². The summed E-state index contributed by atoms with van der Waals surface area (Å²) >= 11 is 0. The molecule has 310 valence electrons. The van der Waals surface area contributed by atoms with Gasteiger partial charge in [-0.1, -0.05) is 189 Å². The molecule has 0 N–H and O–H groups in total. The molecule has 0 aliphatic rings. The summed E-state index contributed by atoms with van der Waals surface area (Å²) in [5.41, 5.74) is 7.00. The Morgan fingerprint density at radius 2 is 0.953 bits per heavy atom. The lowest BCUT2D eigenvalue weighted by Crippen LogP contribution is -2.31. The maximum absolute atomic E-state index is 15.2. The van der Waals surface area contributed by atoms with Crippen LogP contribution in [-0.2, 0) is 9.98 Å². The van der Waals surface area contributed by atoms with E-state index in [9.17, 15) is 0 Å². The van der Waals surface area contributed by atoms with Gasteiger partial charge in [-0.05, 0) is 120 Å². The minimum absolute atomic E-state index is 0.777. The molecule has 0 aliphatic carbocycles. The van der Waals surface area contributed by atoms with Crippen LogP contribution in [0, 0.1) is 6.92 Å². The third-order valence-corrected chi connectivity index (χ3v) is 16.1. The van der Waals surface area contributed by atoms with Gasteiger partial charge in [-0.2, -0.15) is 0 Å². The number of benzene rings is 10. The molecule has 0 fully saturated rings. The second-order valence-electron chi connectivity index (χ2n) is 16.4. The molecule has 64 heavy (non-hydrogen) atoms. The van der Waals surface area contributed by atoms with Crippen molar-refractivity contribution in [1.29, 1.82) is 0 Å². The monoisotopic (exact) mass is 846 g/mol. The highest BCUT2D eigenvalue weighted by molar-refractivity contribution is 7.85. The first-order valence-electron chi connectivity index (χ1n) is 21.6. The number of hydrogen-bond acceptors (Lipinski definition) is 3. The van der Waals surface area contributed by atoms with Crippen molar-refractivity contribution in [3.63, 3.8) is 0 Å². The third kappa shape index (κ3) is 6.63. The Kier molecular flexibility index (Phi) is 10.6. The maximum atomic E-state index is 15.2. The molecule has 10 rings (SSSR count). The molecule has 0 atom stereocenters. The van der Waals surface area contributed by atoms with Crippen LogP contribution in [0.1, 0.15) is 27.8 Å². The normalized spacial score (nSPS) is 12.2. The topological polar surface area (TPSA) is 35.5 Å². The third-order valence-electron chi connectivity index (χ3n) is 13.0. The number of fused-ring (bicyclic) bond motifs is 2. The van der Waals surface area contributed by atoms with Crippen LogP contribution in [-0.4, -0.2) is 14.2 Å². The first kappa shape index (κ1) is 40.6. The fourth-order valence-electron chi connectivity index (χ4n) is 9.94. The number of rotatable bonds is 11. The van der Waals surface area contributed by atoms with Crippen LogP contribution < -0.4 is 30.6 Å². The highest BCUT2D eigenvalue weighted by atomic mass is 31.2. The molecule has 4 heteroatoms. The van der Waals surface area contributed by atoms with Crippen LogP contribution in [0.5, 0.6) is 11.5 Å². The lowest BCUT2D eigenvalue weighted by Gasteiger charge is -2.37. The van der Waals surface area contributed by atoms with Gasteiger partial charge < -0.3 is 14.0 Å². The van der Waals surface area contributed by atoms with Gasteiger partial charge in [0.2, 0.25) is 0 Å². The van der Waals surface area contributed by atoms with Crippen LogP contribution in [0.15, 0.2) is 219 Å². The Morgan fingerprint density at radius 3 is 1.48 bits per heavy atom. The Morgan fingerprint density at radius 1 is 0.469 bits per heavy atom. The molecule has 0 amide bonds. The fraction of sp³-hybridized carbons (Fsp3) is 0.0667. The smallest absolute Gasteiger partial charge is 0.171 e. The van der Waals surface area contributed by atoms with Crippen LogP contribution in [0.4, 0.5) is 0 Å². The molecule has 10 aromatic carbocycles. The Balaban J connectivity index is 1.20. The molecule has 0 saturated carbocycles. The van der Waals surface area contributed by atoms with Crippen molar-refractivity contribution < 1.29 is 14.0 Å². The van der Waals surface area contributed by atoms with Gasteiger partial charge in [-0.3, -0.25) is 0 Å². The first-order valence-corrected chi connectivity index (χ1v) is 23.3. The van der Waals surface area contributed by atoms with E-state index >= 15 is 4.57 Å². The lowest BCUT2D eigenvalue weighted by molar-refractivity contribution is 0.414. The van der Waals surface area contributed by atoms with Gasteiger partial charge in [-0.15, -0.1) is 0 Å². The molecular weight excluding hydrogens is 800 g/mol. The summed E-state index contributed by atoms with van der Waals surface area (Å²) in [4.78, 5) is 0. The Hall–Kier alpha value is -7.45. The molecule has 0 spiro atoms. The molecule has 3 nitrogen and oxygen atoms in total. The van der Waals surface area contributed by atoms with Crippen LogP contribution in [0.25, 0.3) is 49.5 Å². The zero-order chi connectivity index (χ0) is 43.8. The SMILES string of the molecule is C=C/C=c1/c2cccc3cc(C(c4ccc(OC)cc4)(c4ccc(OC)cc4)c4ccc(-c5ccc(P(=O)(c6ccccc6)c6ccccc6)cc5)cc4)cc(c4cccc(C)c14)c32. The molecule has 0 aromatic heterocycles. The first-order chi connectivity index (χ1) is 31.4. The van der Waals surface area contributed by atoms with E-state index in [4.69, 9.17) is 9.47 Å². The number of allylic oxidation sites excluding steroid dienone is 1.